The molecule has 1 amide bonds. The molecule has 0 aromatic carbocycles. The Hall–Kier alpha value is -1.10. The second-order valence-corrected chi connectivity index (χ2v) is 4.79. The number of hydrogen-bond donors (Lipinski definition) is 0. The highest BCUT2D eigenvalue weighted by molar-refractivity contribution is 9.10. The first-order valence-corrected chi connectivity index (χ1v) is 5.74. The lowest BCUT2D eigenvalue weighted by atomic mass is 10.3. The molecule has 88 valence electrons. The van der Waals surface area contributed by atoms with E-state index >= 15 is 0 Å². The van der Waals surface area contributed by atoms with Crippen LogP contribution >= 0.6 is 15.9 Å². The molecule has 0 saturated heterocycles. The van der Waals surface area contributed by atoms with Gasteiger partial charge in [0.15, 0.2) is 0 Å². The van der Waals surface area contributed by atoms with Crippen molar-refractivity contribution in [3.8, 4) is 0 Å². The molecule has 0 radical (unpaired) electrons. The summed E-state index contributed by atoms with van der Waals surface area (Å²) in [6.07, 6.45) is 1.75. The lowest BCUT2D eigenvalue weighted by Gasteiger charge is -2.20. The molecule has 0 aliphatic carbocycles. The minimum Gasteiger partial charge on any atom is -0.350 e. The van der Waals surface area contributed by atoms with Gasteiger partial charge in [0.2, 0.25) is 5.91 Å². The lowest BCUT2D eigenvalue weighted by molar-refractivity contribution is -0.127. The molecule has 0 atom stereocenters. The lowest BCUT2D eigenvalue weighted by Crippen LogP contribution is -2.34. The molecule has 0 fully saturated rings. The van der Waals surface area contributed by atoms with Crippen LogP contribution in [0.2, 0.25) is 0 Å². The molecule has 1 aromatic heterocycles. The summed E-state index contributed by atoms with van der Waals surface area (Å²) < 4.78 is 0.976. The number of aryl methyl sites for hydroxylation is 1. The maximum Gasteiger partial charge on any atom is 0.241 e. The van der Waals surface area contributed by atoms with Crippen LogP contribution in [0.1, 0.15) is 5.56 Å². The summed E-state index contributed by atoms with van der Waals surface area (Å²) in [5.41, 5.74) is 1.11. The molecular formula is C11H16BrN3O. The van der Waals surface area contributed by atoms with Crippen molar-refractivity contribution >= 4 is 27.7 Å². The summed E-state index contributed by atoms with van der Waals surface area (Å²) in [5.74, 6) is 0.862. The van der Waals surface area contributed by atoms with Crippen LogP contribution in [0.3, 0.4) is 0 Å². The van der Waals surface area contributed by atoms with Crippen LogP contribution < -0.4 is 4.90 Å². The number of halogens is 1. The van der Waals surface area contributed by atoms with Crippen LogP contribution in [0.15, 0.2) is 16.7 Å². The number of carbonyl (C=O) groups excluding carboxylic acids is 1. The van der Waals surface area contributed by atoms with E-state index in [1.165, 1.54) is 0 Å². The molecule has 0 aliphatic rings. The van der Waals surface area contributed by atoms with Crippen molar-refractivity contribution in [2.45, 2.75) is 6.92 Å². The monoisotopic (exact) mass is 285 g/mol. The summed E-state index contributed by atoms with van der Waals surface area (Å²) in [7, 11) is 5.35. The fourth-order valence-corrected chi connectivity index (χ4v) is 1.38. The average Bonchev–Trinajstić information content (AvgIpc) is 2.21. The summed E-state index contributed by atoms with van der Waals surface area (Å²) in [6, 6.07) is 1.95. The summed E-state index contributed by atoms with van der Waals surface area (Å²) >= 11 is 3.40. The number of amides is 1. The average molecular weight is 286 g/mol. The van der Waals surface area contributed by atoms with Crippen molar-refractivity contribution in [3.63, 3.8) is 0 Å². The fourth-order valence-electron chi connectivity index (χ4n) is 1.16. The van der Waals surface area contributed by atoms with Crippen molar-refractivity contribution in [1.29, 1.82) is 0 Å². The van der Waals surface area contributed by atoms with Gasteiger partial charge in [0.25, 0.3) is 0 Å². The molecule has 1 heterocycles. The highest BCUT2D eigenvalue weighted by Gasteiger charge is 2.10. The molecule has 4 nitrogen and oxygen atoms in total. The minimum atomic E-state index is 0.0601. The first-order chi connectivity index (χ1) is 7.41. The van der Waals surface area contributed by atoms with Gasteiger partial charge >= 0.3 is 0 Å². The number of carbonyl (C=O) groups is 1. The number of nitrogens with zero attached hydrogens (tertiary/aromatic N) is 3. The van der Waals surface area contributed by atoms with Gasteiger partial charge in [-0.25, -0.2) is 4.98 Å². The molecule has 5 heteroatoms. The first-order valence-electron chi connectivity index (χ1n) is 4.95. The summed E-state index contributed by atoms with van der Waals surface area (Å²) in [5, 5.41) is 0. The van der Waals surface area contributed by atoms with E-state index in [-0.39, 0.29) is 5.91 Å². The molecule has 0 N–H and O–H groups in total. The van der Waals surface area contributed by atoms with Crippen LogP contribution in [0.4, 0.5) is 5.82 Å². The molecule has 16 heavy (non-hydrogen) atoms. The van der Waals surface area contributed by atoms with Crippen LogP contribution in [0.25, 0.3) is 0 Å². The molecule has 0 spiro atoms. The number of rotatable bonds is 3. The predicted molar refractivity (Wildman–Crippen MR) is 68.6 cm³/mol. The van der Waals surface area contributed by atoms with Crippen molar-refractivity contribution in [1.82, 2.24) is 9.88 Å². The van der Waals surface area contributed by atoms with Crippen LogP contribution in [-0.2, 0) is 4.79 Å². The largest absolute Gasteiger partial charge is 0.350 e. The highest BCUT2D eigenvalue weighted by atomic mass is 79.9. The van der Waals surface area contributed by atoms with Gasteiger partial charge in [-0.15, -0.1) is 0 Å². The van der Waals surface area contributed by atoms with Gasteiger partial charge in [0, 0.05) is 31.8 Å². The number of anilines is 1. The zero-order valence-corrected chi connectivity index (χ0v) is 11.6. The molecule has 0 unspecified atom stereocenters. The van der Waals surface area contributed by atoms with Crippen LogP contribution in [0, 0.1) is 6.92 Å². The summed E-state index contributed by atoms with van der Waals surface area (Å²) in [4.78, 5) is 19.2. The fraction of sp³-hybridized carbons (Fsp3) is 0.455. The van der Waals surface area contributed by atoms with Gasteiger partial charge in [0.1, 0.15) is 5.82 Å². The van der Waals surface area contributed by atoms with Gasteiger partial charge in [-0.3, -0.25) is 4.79 Å². The van der Waals surface area contributed by atoms with Crippen LogP contribution in [-0.4, -0.2) is 43.5 Å². The molecule has 1 rings (SSSR count). The third-order valence-electron chi connectivity index (χ3n) is 2.29. The van der Waals surface area contributed by atoms with E-state index in [0.29, 0.717) is 6.54 Å². The van der Waals surface area contributed by atoms with E-state index in [4.69, 9.17) is 0 Å². The Morgan fingerprint density at radius 1 is 1.44 bits per heavy atom. The quantitative estimate of drug-likeness (QED) is 0.848. The maximum absolute atomic E-state index is 11.5. The molecule has 0 bridgehead atoms. The van der Waals surface area contributed by atoms with E-state index < -0.39 is 0 Å². The van der Waals surface area contributed by atoms with Gasteiger partial charge in [-0.2, -0.15) is 0 Å². The van der Waals surface area contributed by atoms with Crippen molar-refractivity contribution in [2.75, 3.05) is 32.6 Å². The van der Waals surface area contributed by atoms with E-state index in [2.05, 4.69) is 20.9 Å². The molecular weight excluding hydrogens is 270 g/mol. The van der Waals surface area contributed by atoms with Crippen LogP contribution in [0.5, 0.6) is 0 Å². The zero-order chi connectivity index (χ0) is 12.3. The number of likely N-dealkylation sites (N-methyl/N-ethyl adjacent to an activating group) is 2. The Bertz CT molecular complexity index is 393. The Balaban J connectivity index is 2.77. The highest BCUT2D eigenvalue weighted by Crippen LogP contribution is 2.19. The second-order valence-electron chi connectivity index (χ2n) is 3.94. The SMILES string of the molecule is Cc1cc(N(C)CC(=O)N(C)C)ncc1Br. The topological polar surface area (TPSA) is 36.4 Å². The normalized spacial score (nSPS) is 10.1. The standard InChI is InChI=1S/C11H16BrN3O/c1-8-5-10(13-6-9(8)12)15(4)7-11(16)14(2)3/h5-6H,7H2,1-4H3. The van der Waals surface area contributed by atoms with E-state index in [0.717, 1.165) is 15.9 Å². The molecule has 0 saturated carbocycles. The Labute approximate surface area is 104 Å². The smallest absolute Gasteiger partial charge is 0.241 e. The number of hydrogen-bond acceptors (Lipinski definition) is 3. The van der Waals surface area contributed by atoms with Gasteiger partial charge in [0.05, 0.1) is 6.54 Å². The second kappa shape index (κ2) is 5.30. The van der Waals surface area contributed by atoms with Crippen molar-refractivity contribution in [2.24, 2.45) is 0 Å². The number of aromatic nitrogens is 1. The number of pyridine rings is 1. The summed E-state index contributed by atoms with van der Waals surface area (Å²) in [6.45, 7) is 2.33. The first kappa shape index (κ1) is 13.0. The van der Waals surface area contributed by atoms with Gasteiger partial charge < -0.3 is 9.80 Å². The Kier molecular flexibility index (Phi) is 4.29. The minimum absolute atomic E-state index is 0.0601. The van der Waals surface area contributed by atoms with E-state index in [1.807, 2.05) is 24.9 Å². The van der Waals surface area contributed by atoms with E-state index in [9.17, 15) is 4.79 Å². The van der Waals surface area contributed by atoms with Crippen molar-refractivity contribution in [3.05, 3.63) is 22.3 Å². The van der Waals surface area contributed by atoms with E-state index in [1.54, 1.807) is 25.2 Å². The molecule has 1 aromatic rings. The zero-order valence-electron chi connectivity index (χ0n) is 9.99. The van der Waals surface area contributed by atoms with Gasteiger partial charge in [-0.1, -0.05) is 0 Å². The third-order valence-corrected chi connectivity index (χ3v) is 3.12. The predicted octanol–water partition coefficient (Wildman–Crippen LogP) is 1.68. The van der Waals surface area contributed by atoms with Gasteiger partial charge in [-0.05, 0) is 34.5 Å². The Morgan fingerprint density at radius 2 is 2.06 bits per heavy atom. The van der Waals surface area contributed by atoms with Crippen molar-refractivity contribution < 1.29 is 4.79 Å². The molecule has 0 aliphatic heterocycles. The maximum atomic E-state index is 11.5. The third kappa shape index (κ3) is 3.20. The Morgan fingerprint density at radius 3 is 2.56 bits per heavy atom.